The molecule has 1 aromatic carbocycles. The van der Waals surface area contributed by atoms with Gasteiger partial charge < -0.3 is 14.8 Å². The number of carbonyl (C=O) groups is 2. The van der Waals surface area contributed by atoms with Crippen LogP contribution in [0.15, 0.2) is 34.7 Å². The molecule has 7 heteroatoms. The summed E-state index contributed by atoms with van der Waals surface area (Å²) in [7, 11) is 0. The van der Waals surface area contributed by atoms with E-state index in [2.05, 4.69) is 10.3 Å². The summed E-state index contributed by atoms with van der Waals surface area (Å²) >= 11 is 0. The molecule has 1 saturated carbocycles. The zero-order chi connectivity index (χ0) is 18.7. The van der Waals surface area contributed by atoms with Crippen LogP contribution in [0.5, 0.6) is 0 Å². The average molecular weight is 357 g/mol. The van der Waals surface area contributed by atoms with Crippen molar-refractivity contribution in [2.24, 2.45) is 0 Å². The Morgan fingerprint density at radius 3 is 2.62 bits per heavy atom. The molecular weight excluding hydrogens is 334 g/mol. The van der Waals surface area contributed by atoms with Gasteiger partial charge in [-0.15, -0.1) is 0 Å². The normalized spacial score (nSPS) is 19.2. The van der Waals surface area contributed by atoms with Crippen molar-refractivity contribution in [2.45, 2.75) is 38.8 Å². The third-order valence-corrected chi connectivity index (χ3v) is 4.73. The van der Waals surface area contributed by atoms with E-state index in [1.807, 2.05) is 42.2 Å². The number of aromatic nitrogens is 1. The van der Waals surface area contributed by atoms with Crippen molar-refractivity contribution in [1.82, 2.24) is 15.2 Å². The first-order valence-corrected chi connectivity index (χ1v) is 8.77. The van der Waals surface area contributed by atoms with Crippen LogP contribution in [0.3, 0.4) is 0 Å². The van der Waals surface area contributed by atoms with Gasteiger partial charge in [0, 0.05) is 17.6 Å². The van der Waals surface area contributed by atoms with E-state index in [1.54, 1.807) is 6.92 Å². The Morgan fingerprint density at radius 1 is 1.31 bits per heavy atom. The fourth-order valence-electron chi connectivity index (χ4n) is 3.24. The summed E-state index contributed by atoms with van der Waals surface area (Å²) in [5.41, 5.74) is 1.38. The lowest BCUT2D eigenvalue weighted by atomic mass is 9.85. The fraction of sp³-hybridized carbons (Fsp3) is 0.421. The van der Waals surface area contributed by atoms with Crippen LogP contribution in [0.25, 0.3) is 11.5 Å². The van der Waals surface area contributed by atoms with E-state index in [9.17, 15) is 9.59 Å². The number of carbonyl (C=O) groups excluding carboxylic acids is 1. The third-order valence-electron chi connectivity index (χ3n) is 4.73. The van der Waals surface area contributed by atoms with Crippen LogP contribution in [0, 0.1) is 6.92 Å². The van der Waals surface area contributed by atoms with Crippen LogP contribution in [0.1, 0.15) is 36.0 Å². The van der Waals surface area contributed by atoms with E-state index < -0.39 is 5.97 Å². The molecule has 0 bridgehead atoms. The number of aliphatic carboxylic acids is 1. The van der Waals surface area contributed by atoms with Gasteiger partial charge in [-0.1, -0.05) is 25.1 Å². The van der Waals surface area contributed by atoms with Gasteiger partial charge in [-0.3, -0.25) is 14.5 Å². The number of hydrogen-bond donors (Lipinski definition) is 2. The molecule has 26 heavy (non-hydrogen) atoms. The number of amides is 1. The maximum absolute atomic E-state index is 12.5. The first-order valence-electron chi connectivity index (χ1n) is 8.77. The van der Waals surface area contributed by atoms with Crippen molar-refractivity contribution in [3.8, 4) is 11.5 Å². The lowest BCUT2D eigenvalue weighted by molar-refractivity contribution is -0.139. The van der Waals surface area contributed by atoms with Gasteiger partial charge in [0.2, 0.25) is 11.7 Å². The average Bonchev–Trinajstić information content (AvgIpc) is 2.98. The molecule has 0 aliphatic heterocycles. The highest BCUT2D eigenvalue weighted by molar-refractivity contribution is 5.93. The highest BCUT2D eigenvalue weighted by atomic mass is 16.4. The first-order chi connectivity index (χ1) is 12.5. The number of nitrogens with one attached hydrogen (secondary N) is 1. The van der Waals surface area contributed by atoms with Crippen molar-refractivity contribution < 1.29 is 19.1 Å². The van der Waals surface area contributed by atoms with E-state index in [0.29, 0.717) is 18.1 Å². The second-order valence-electron chi connectivity index (χ2n) is 6.55. The van der Waals surface area contributed by atoms with Crippen molar-refractivity contribution >= 4 is 11.9 Å². The third kappa shape index (κ3) is 3.94. The van der Waals surface area contributed by atoms with Crippen LogP contribution in [-0.2, 0) is 4.79 Å². The van der Waals surface area contributed by atoms with E-state index in [1.165, 1.54) is 0 Å². The van der Waals surface area contributed by atoms with Gasteiger partial charge in [-0.05, 0) is 38.4 Å². The van der Waals surface area contributed by atoms with Gasteiger partial charge in [0.25, 0.3) is 5.91 Å². The Bertz CT molecular complexity index is 781. The second-order valence-corrected chi connectivity index (χ2v) is 6.55. The molecule has 2 aromatic rings. The number of oxazole rings is 1. The minimum atomic E-state index is -0.829. The molecule has 2 N–H and O–H groups in total. The smallest absolute Gasteiger partial charge is 0.317 e. The summed E-state index contributed by atoms with van der Waals surface area (Å²) < 4.78 is 5.67. The van der Waals surface area contributed by atoms with Gasteiger partial charge >= 0.3 is 5.97 Å². The lowest BCUT2D eigenvalue weighted by Crippen LogP contribution is -2.54. The number of carboxylic acid groups (broad SMARTS) is 1. The van der Waals surface area contributed by atoms with E-state index in [4.69, 9.17) is 9.52 Å². The summed E-state index contributed by atoms with van der Waals surface area (Å²) in [6.45, 7) is 4.40. The number of rotatable bonds is 7. The molecule has 0 unspecified atom stereocenters. The van der Waals surface area contributed by atoms with E-state index in [0.717, 1.165) is 18.4 Å². The number of hydrogen-bond acceptors (Lipinski definition) is 5. The Kier molecular flexibility index (Phi) is 5.37. The molecule has 138 valence electrons. The van der Waals surface area contributed by atoms with Crippen molar-refractivity contribution in [1.29, 1.82) is 0 Å². The Hall–Kier alpha value is -2.67. The lowest BCUT2D eigenvalue weighted by Gasteiger charge is -2.42. The number of carboxylic acids is 1. The molecule has 7 nitrogen and oxygen atoms in total. The highest BCUT2D eigenvalue weighted by Gasteiger charge is 2.35. The summed E-state index contributed by atoms with van der Waals surface area (Å²) in [4.78, 5) is 29.6. The Morgan fingerprint density at radius 2 is 2.00 bits per heavy atom. The predicted molar refractivity (Wildman–Crippen MR) is 95.8 cm³/mol. The molecule has 0 spiro atoms. The maximum atomic E-state index is 12.5. The molecule has 0 saturated heterocycles. The van der Waals surface area contributed by atoms with Crippen LogP contribution >= 0.6 is 0 Å². The standard InChI is InChI=1S/C19H23N3O4/c1-3-22(11-16(23)24)15-9-14(10-15)21-18(25)17-12(2)20-19(26-17)13-7-5-4-6-8-13/h4-8,14-15H,3,9-11H2,1-2H3,(H,21,25)(H,23,24). The minimum Gasteiger partial charge on any atom is -0.480 e. The largest absolute Gasteiger partial charge is 0.480 e. The van der Waals surface area contributed by atoms with Gasteiger partial charge in [-0.25, -0.2) is 4.98 Å². The number of aryl methyl sites for hydroxylation is 1. The molecular formula is C19H23N3O4. The Labute approximate surface area is 152 Å². The van der Waals surface area contributed by atoms with Gasteiger partial charge in [0.1, 0.15) is 0 Å². The highest BCUT2D eigenvalue weighted by Crippen LogP contribution is 2.27. The van der Waals surface area contributed by atoms with Gasteiger partial charge in [0.05, 0.1) is 12.2 Å². The number of benzene rings is 1. The van der Waals surface area contributed by atoms with Crippen LogP contribution < -0.4 is 5.32 Å². The van der Waals surface area contributed by atoms with Crippen molar-refractivity contribution in [3.05, 3.63) is 41.8 Å². The molecule has 3 rings (SSSR count). The molecule has 0 radical (unpaired) electrons. The number of likely N-dealkylation sites (N-methyl/N-ethyl adjacent to an activating group) is 1. The van der Waals surface area contributed by atoms with Gasteiger partial charge in [0.15, 0.2) is 0 Å². The zero-order valence-corrected chi connectivity index (χ0v) is 14.9. The summed E-state index contributed by atoms with van der Waals surface area (Å²) in [5, 5.41) is 11.9. The van der Waals surface area contributed by atoms with Crippen LogP contribution in [0.4, 0.5) is 0 Å². The molecule has 1 fully saturated rings. The molecule has 0 atom stereocenters. The molecule has 1 aromatic heterocycles. The van der Waals surface area contributed by atoms with E-state index >= 15 is 0 Å². The number of nitrogens with zero attached hydrogens (tertiary/aromatic N) is 2. The molecule has 1 aliphatic rings. The summed E-state index contributed by atoms with van der Waals surface area (Å²) in [5.74, 6) is -0.449. The zero-order valence-electron chi connectivity index (χ0n) is 14.9. The van der Waals surface area contributed by atoms with Crippen LogP contribution in [0.2, 0.25) is 0 Å². The second kappa shape index (κ2) is 7.70. The molecule has 1 heterocycles. The van der Waals surface area contributed by atoms with E-state index in [-0.39, 0.29) is 30.3 Å². The molecule has 1 amide bonds. The monoisotopic (exact) mass is 357 g/mol. The van der Waals surface area contributed by atoms with Crippen LogP contribution in [-0.4, -0.2) is 52.0 Å². The van der Waals surface area contributed by atoms with Crippen molar-refractivity contribution in [3.63, 3.8) is 0 Å². The first kappa shape index (κ1) is 18.1. The fourth-order valence-corrected chi connectivity index (χ4v) is 3.24. The SMILES string of the molecule is CCN(CC(=O)O)C1CC(NC(=O)c2oc(-c3ccccc3)nc2C)C1. The minimum absolute atomic E-state index is 0.0278. The quantitative estimate of drug-likeness (QED) is 0.789. The van der Waals surface area contributed by atoms with Gasteiger partial charge in [-0.2, -0.15) is 0 Å². The topological polar surface area (TPSA) is 95.7 Å². The summed E-state index contributed by atoms with van der Waals surface area (Å²) in [6, 6.07) is 9.66. The summed E-state index contributed by atoms with van der Waals surface area (Å²) in [6.07, 6.45) is 1.48. The molecule has 1 aliphatic carbocycles. The van der Waals surface area contributed by atoms with Crippen molar-refractivity contribution in [2.75, 3.05) is 13.1 Å². The maximum Gasteiger partial charge on any atom is 0.317 e. The Balaban J connectivity index is 1.58. The predicted octanol–water partition coefficient (Wildman–Crippen LogP) is 2.32.